The van der Waals surface area contributed by atoms with Gasteiger partial charge in [-0.15, -0.1) is 0 Å². The van der Waals surface area contributed by atoms with Crippen LogP contribution in [0.3, 0.4) is 0 Å². The maximum Gasteiger partial charge on any atom is 0.317 e. The highest BCUT2D eigenvalue weighted by molar-refractivity contribution is 5.97. The Labute approximate surface area is 153 Å². The first-order chi connectivity index (χ1) is 12.3. The number of nitrogens with zero attached hydrogens (tertiary/aromatic N) is 3. The first-order valence-corrected chi connectivity index (χ1v) is 9.03. The number of benzene rings is 1. The molecule has 2 aliphatic rings. The van der Waals surface area contributed by atoms with Gasteiger partial charge < -0.3 is 20.0 Å². The second-order valence-electron chi connectivity index (χ2n) is 7.12. The van der Waals surface area contributed by atoms with E-state index in [1.54, 1.807) is 21.6 Å². The molecule has 0 radical (unpaired) electrons. The molecule has 2 fully saturated rings. The van der Waals surface area contributed by atoms with Gasteiger partial charge in [-0.3, -0.25) is 9.59 Å². The van der Waals surface area contributed by atoms with Crippen molar-refractivity contribution in [1.29, 1.82) is 0 Å². The maximum atomic E-state index is 12.5. The van der Waals surface area contributed by atoms with Gasteiger partial charge in [-0.25, -0.2) is 4.79 Å². The standard InChI is InChI=1S/C19H26N4O3/c1-13-4-5-17(10-14(13)2)23-12-16(11-18(23)25)20-19(26)22-8-6-21(7-9-22)15(3)24/h4-5,10,16H,6-9,11-12H2,1-3H3,(H,20,26)/t16-/m0/s1. The molecule has 0 saturated carbocycles. The fourth-order valence-electron chi connectivity index (χ4n) is 3.44. The molecule has 7 nitrogen and oxygen atoms in total. The molecule has 0 aliphatic carbocycles. The fourth-order valence-corrected chi connectivity index (χ4v) is 3.44. The molecule has 140 valence electrons. The highest BCUT2D eigenvalue weighted by Gasteiger charge is 2.33. The molecule has 1 aromatic rings. The van der Waals surface area contributed by atoms with Crippen LogP contribution in [0.25, 0.3) is 0 Å². The average molecular weight is 358 g/mol. The lowest BCUT2D eigenvalue weighted by Gasteiger charge is -2.34. The molecule has 0 spiro atoms. The van der Waals surface area contributed by atoms with E-state index in [1.165, 1.54) is 5.56 Å². The number of hydrogen-bond acceptors (Lipinski definition) is 3. The third-order valence-electron chi connectivity index (χ3n) is 5.27. The Kier molecular flexibility index (Phi) is 5.15. The average Bonchev–Trinajstić information content (AvgIpc) is 2.97. The summed E-state index contributed by atoms with van der Waals surface area (Å²) in [7, 11) is 0. The molecule has 26 heavy (non-hydrogen) atoms. The molecular formula is C19H26N4O3. The summed E-state index contributed by atoms with van der Waals surface area (Å²) in [5, 5.41) is 2.97. The Balaban J connectivity index is 1.56. The molecule has 4 amide bonds. The van der Waals surface area contributed by atoms with Gasteiger partial charge in [0.2, 0.25) is 11.8 Å². The predicted octanol–water partition coefficient (Wildman–Crippen LogP) is 1.28. The van der Waals surface area contributed by atoms with Crippen LogP contribution in [0.4, 0.5) is 10.5 Å². The summed E-state index contributed by atoms with van der Waals surface area (Å²) in [6.45, 7) is 8.25. The second-order valence-corrected chi connectivity index (χ2v) is 7.12. The summed E-state index contributed by atoms with van der Waals surface area (Å²) in [6, 6.07) is 5.62. The molecule has 2 heterocycles. The summed E-state index contributed by atoms with van der Waals surface area (Å²) < 4.78 is 0. The van der Waals surface area contributed by atoms with Gasteiger partial charge in [0, 0.05) is 51.8 Å². The van der Waals surface area contributed by atoms with E-state index in [2.05, 4.69) is 5.32 Å². The van der Waals surface area contributed by atoms with Crippen molar-refractivity contribution < 1.29 is 14.4 Å². The monoisotopic (exact) mass is 358 g/mol. The first kappa shape index (κ1) is 18.2. The highest BCUT2D eigenvalue weighted by atomic mass is 16.2. The summed E-state index contributed by atoms with van der Waals surface area (Å²) in [5.74, 6) is 0.0652. The van der Waals surface area contributed by atoms with Crippen LogP contribution >= 0.6 is 0 Å². The van der Waals surface area contributed by atoms with Gasteiger partial charge in [0.25, 0.3) is 0 Å². The zero-order valence-corrected chi connectivity index (χ0v) is 15.6. The number of piperazine rings is 1. The largest absolute Gasteiger partial charge is 0.339 e. The topological polar surface area (TPSA) is 73.0 Å². The molecule has 0 unspecified atom stereocenters. The normalized spacial score (nSPS) is 20.5. The molecular weight excluding hydrogens is 332 g/mol. The summed E-state index contributed by atoms with van der Waals surface area (Å²) in [4.78, 5) is 41.4. The third-order valence-corrected chi connectivity index (χ3v) is 5.27. The van der Waals surface area contributed by atoms with E-state index in [9.17, 15) is 14.4 Å². The van der Waals surface area contributed by atoms with E-state index < -0.39 is 0 Å². The number of carbonyl (C=O) groups is 3. The molecule has 1 aromatic carbocycles. The van der Waals surface area contributed by atoms with Gasteiger partial charge in [-0.2, -0.15) is 0 Å². The van der Waals surface area contributed by atoms with Gasteiger partial charge in [0.05, 0.1) is 6.04 Å². The minimum absolute atomic E-state index is 0.0277. The van der Waals surface area contributed by atoms with Crippen molar-refractivity contribution in [2.75, 3.05) is 37.6 Å². The fraction of sp³-hybridized carbons (Fsp3) is 0.526. The van der Waals surface area contributed by atoms with E-state index in [1.807, 2.05) is 32.0 Å². The van der Waals surface area contributed by atoms with Crippen molar-refractivity contribution >= 4 is 23.5 Å². The second kappa shape index (κ2) is 7.35. The minimum atomic E-state index is -0.192. The molecule has 0 bridgehead atoms. The van der Waals surface area contributed by atoms with Crippen molar-refractivity contribution in [3.05, 3.63) is 29.3 Å². The minimum Gasteiger partial charge on any atom is -0.339 e. The molecule has 1 atom stereocenters. The van der Waals surface area contributed by atoms with Crippen LogP contribution in [0.2, 0.25) is 0 Å². The summed E-state index contributed by atoms with van der Waals surface area (Å²) >= 11 is 0. The van der Waals surface area contributed by atoms with Crippen LogP contribution < -0.4 is 10.2 Å². The Hall–Kier alpha value is -2.57. The SMILES string of the molecule is CC(=O)N1CCN(C(=O)N[C@H]2CC(=O)N(c3ccc(C)c(C)c3)C2)CC1. The molecule has 3 rings (SSSR count). The van der Waals surface area contributed by atoms with Crippen molar-refractivity contribution in [2.24, 2.45) is 0 Å². The molecule has 2 saturated heterocycles. The lowest BCUT2D eigenvalue weighted by atomic mass is 10.1. The van der Waals surface area contributed by atoms with Crippen LogP contribution in [0.15, 0.2) is 18.2 Å². The van der Waals surface area contributed by atoms with Crippen molar-refractivity contribution in [3.8, 4) is 0 Å². The van der Waals surface area contributed by atoms with Gasteiger partial charge >= 0.3 is 6.03 Å². The number of amides is 4. The number of urea groups is 1. The maximum absolute atomic E-state index is 12.5. The Bertz CT molecular complexity index is 725. The van der Waals surface area contributed by atoms with E-state index in [4.69, 9.17) is 0 Å². The van der Waals surface area contributed by atoms with Crippen molar-refractivity contribution in [3.63, 3.8) is 0 Å². The predicted molar refractivity (Wildman–Crippen MR) is 99.0 cm³/mol. The number of carbonyl (C=O) groups excluding carboxylic acids is 3. The van der Waals surface area contributed by atoms with Crippen LogP contribution in [-0.4, -0.2) is 66.4 Å². The van der Waals surface area contributed by atoms with Crippen LogP contribution in [0, 0.1) is 13.8 Å². The zero-order chi connectivity index (χ0) is 18.8. The zero-order valence-electron chi connectivity index (χ0n) is 15.6. The summed E-state index contributed by atoms with van der Waals surface area (Å²) in [5.41, 5.74) is 3.21. The van der Waals surface area contributed by atoms with E-state index in [0.717, 1.165) is 11.3 Å². The molecule has 7 heteroatoms. The van der Waals surface area contributed by atoms with Gasteiger partial charge in [-0.05, 0) is 37.1 Å². The molecule has 1 N–H and O–H groups in total. The Morgan fingerprint density at radius 1 is 1.04 bits per heavy atom. The van der Waals surface area contributed by atoms with Gasteiger partial charge in [0.1, 0.15) is 0 Å². The van der Waals surface area contributed by atoms with E-state index >= 15 is 0 Å². The first-order valence-electron chi connectivity index (χ1n) is 9.03. The van der Waals surface area contributed by atoms with Gasteiger partial charge in [0.15, 0.2) is 0 Å². The van der Waals surface area contributed by atoms with Crippen molar-refractivity contribution in [2.45, 2.75) is 33.2 Å². The number of anilines is 1. The quantitative estimate of drug-likeness (QED) is 0.866. The molecule has 0 aromatic heterocycles. The van der Waals surface area contributed by atoms with E-state index in [-0.39, 0.29) is 23.9 Å². The number of hydrogen-bond donors (Lipinski definition) is 1. The van der Waals surface area contributed by atoms with Crippen LogP contribution in [-0.2, 0) is 9.59 Å². The van der Waals surface area contributed by atoms with E-state index in [0.29, 0.717) is 39.1 Å². The number of aryl methyl sites for hydroxylation is 2. The van der Waals surface area contributed by atoms with Crippen molar-refractivity contribution in [1.82, 2.24) is 15.1 Å². The lowest BCUT2D eigenvalue weighted by Crippen LogP contribution is -2.54. The third kappa shape index (κ3) is 3.81. The van der Waals surface area contributed by atoms with Crippen LogP contribution in [0.1, 0.15) is 24.5 Å². The smallest absolute Gasteiger partial charge is 0.317 e. The van der Waals surface area contributed by atoms with Crippen LogP contribution in [0.5, 0.6) is 0 Å². The number of rotatable bonds is 2. The summed E-state index contributed by atoms with van der Waals surface area (Å²) in [6.07, 6.45) is 0.312. The highest BCUT2D eigenvalue weighted by Crippen LogP contribution is 2.24. The lowest BCUT2D eigenvalue weighted by molar-refractivity contribution is -0.130. The Morgan fingerprint density at radius 3 is 2.31 bits per heavy atom. The molecule has 2 aliphatic heterocycles. The Morgan fingerprint density at radius 2 is 1.69 bits per heavy atom. The van der Waals surface area contributed by atoms with Gasteiger partial charge in [-0.1, -0.05) is 6.07 Å². The number of nitrogens with one attached hydrogen (secondary N) is 1.